The number of ether oxygens (including phenoxy) is 2. The molecule has 1 aliphatic heterocycles. The zero-order valence-electron chi connectivity index (χ0n) is 14.1. The van der Waals surface area contributed by atoms with Crippen LogP contribution in [0.1, 0.15) is 33.6 Å². The fraction of sp³-hybridized carbons (Fsp3) is 0.800. The first kappa shape index (κ1) is 20.0. The van der Waals surface area contributed by atoms with Crippen molar-refractivity contribution in [2.75, 3.05) is 6.61 Å². The summed E-state index contributed by atoms with van der Waals surface area (Å²) in [5, 5.41) is -5.08. The lowest BCUT2D eigenvalue weighted by molar-refractivity contribution is -0.173. The smallest absolute Gasteiger partial charge is 0.403 e. The van der Waals surface area contributed by atoms with Crippen LogP contribution in [-0.2, 0) is 24.4 Å². The number of carbonyl (C=O) groups excluding carboxylic acids is 1. The molecule has 2 rings (SSSR count). The number of carbonyl (C=O) groups is 1. The number of allylic oxidation sites excluding steroid dienone is 1. The number of halogens is 3. The van der Waals surface area contributed by atoms with Crippen LogP contribution in [0.3, 0.4) is 0 Å². The van der Waals surface area contributed by atoms with E-state index in [0.29, 0.717) is 12.2 Å². The highest BCUT2D eigenvalue weighted by molar-refractivity contribution is 7.86. The van der Waals surface area contributed by atoms with E-state index < -0.39 is 45.1 Å². The highest BCUT2D eigenvalue weighted by Gasteiger charge is 2.69. The van der Waals surface area contributed by atoms with E-state index in [1.165, 1.54) is 0 Å². The summed E-state index contributed by atoms with van der Waals surface area (Å²) in [4.78, 5) is 12.5. The topological polar surface area (TPSA) is 89.9 Å². The van der Waals surface area contributed by atoms with Crippen LogP contribution >= 0.6 is 0 Å². The third-order valence-electron chi connectivity index (χ3n) is 5.23. The van der Waals surface area contributed by atoms with E-state index in [9.17, 15) is 26.4 Å². The van der Waals surface area contributed by atoms with Gasteiger partial charge in [0.25, 0.3) is 0 Å². The molecule has 2 aliphatic rings. The number of fused-ring (bicyclic) bond motifs is 2. The normalized spacial score (nSPS) is 33.4. The molecule has 0 aromatic rings. The number of esters is 1. The van der Waals surface area contributed by atoms with E-state index in [0.717, 1.165) is 0 Å². The van der Waals surface area contributed by atoms with Crippen molar-refractivity contribution in [3.05, 3.63) is 12.3 Å². The highest BCUT2D eigenvalue weighted by Crippen LogP contribution is 2.64. The van der Waals surface area contributed by atoms with Gasteiger partial charge < -0.3 is 9.47 Å². The number of alkyl halides is 3. The van der Waals surface area contributed by atoms with Crippen molar-refractivity contribution in [1.29, 1.82) is 0 Å². The van der Waals surface area contributed by atoms with E-state index in [1.54, 1.807) is 0 Å². The second-order valence-corrected chi connectivity index (χ2v) is 8.65. The Hall–Kier alpha value is -1.29. The first-order valence-corrected chi connectivity index (χ1v) is 9.18. The van der Waals surface area contributed by atoms with Gasteiger partial charge in [0.2, 0.25) is 11.8 Å². The van der Waals surface area contributed by atoms with Crippen molar-refractivity contribution in [3.63, 3.8) is 0 Å². The number of hydrogen-bond donors (Lipinski definition) is 1. The molecule has 4 atom stereocenters. The molecule has 1 saturated carbocycles. The van der Waals surface area contributed by atoms with Gasteiger partial charge in [-0.3, -0.25) is 4.55 Å². The summed E-state index contributed by atoms with van der Waals surface area (Å²) >= 11 is 0. The summed E-state index contributed by atoms with van der Waals surface area (Å²) in [6.07, 6.45) is -2.57. The van der Waals surface area contributed by atoms with Crippen LogP contribution < -0.4 is 0 Å². The lowest BCUT2D eigenvalue weighted by atomic mass is 9.71. The Morgan fingerprint density at radius 1 is 1.48 bits per heavy atom. The molecule has 144 valence electrons. The van der Waals surface area contributed by atoms with Crippen LogP contribution in [0.2, 0.25) is 0 Å². The Labute approximate surface area is 144 Å². The van der Waals surface area contributed by atoms with E-state index in [2.05, 4.69) is 11.3 Å². The van der Waals surface area contributed by atoms with Gasteiger partial charge in [-0.15, -0.1) is 0 Å². The molecule has 10 heteroatoms. The van der Waals surface area contributed by atoms with Gasteiger partial charge in [0, 0.05) is 11.3 Å². The average molecular weight is 386 g/mol. The van der Waals surface area contributed by atoms with Crippen molar-refractivity contribution in [2.45, 2.75) is 50.6 Å². The van der Waals surface area contributed by atoms with Crippen LogP contribution in [0.15, 0.2) is 12.3 Å². The Balaban J connectivity index is 2.17. The van der Waals surface area contributed by atoms with Crippen LogP contribution in [0.25, 0.3) is 0 Å². The van der Waals surface area contributed by atoms with Gasteiger partial charge in [-0.05, 0) is 18.8 Å². The van der Waals surface area contributed by atoms with Crippen molar-refractivity contribution in [3.8, 4) is 0 Å². The summed E-state index contributed by atoms with van der Waals surface area (Å²) in [5.74, 6) is -1.02. The maximum Gasteiger partial charge on any atom is 0.403 e. The van der Waals surface area contributed by atoms with Gasteiger partial charge in [-0.1, -0.05) is 27.4 Å². The average Bonchev–Trinajstić information content (AvgIpc) is 2.89. The molecule has 0 aromatic carbocycles. The molecule has 4 unspecified atom stereocenters. The zero-order chi connectivity index (χ0) is 19.4. The zero-order valence-corrected chi connectivity index (χ0v) is 14.9. The minimum Gasteiger partial charge on any atom is -0.480 e. The largest absolute Gasteiger partial charge is 0.480 e. The van der Waals surface area contributed by atoms with Crippen molar-refractivity contribution in [1.82, 2.24) is 0 Å². The van der Waals surface area contributed by atoms with Crippen LogP contribution in [0.4, 0.5) is 13.2 Å². The molecule has 2 fully saturated rings. The first-order chi connectivity index (χ1) is 11.2. The molecule has 0 radical (unpaired) electrons. The second-order valence-electron chi connectivity index (χ2n) is 7.16. The third-order valence-corrected chi connectivity index (χ3v) is 6.17. The molecule has 1 saturated heterocycles. The monoisotopic (exact) mass is 386 g/mol. The van der Waals surface area contributed by atoms with Gasteiger partial charge in [-0.25, -0.2) is 9.18 Å². The van der Waals surface area contributed by atoms with E-state index in [-0.39, 0.29) is 18.3 Å². The van der Waals surface area contributed by atoms with E-state index in [1.807, 2.05) is 20.8 Å². The number of hydrogen-bond acceptors (Lipinski definition) is 5. The summed E-state index contributed by atoms with van der Waals surface area (Å²) in [7, 11) is -5.97. The Morgan fingerprint density at radius 2 is 2.04 bits per heavy atom. The lowest BCUT2D eigenvalue weighted by Crippen LogP contribution is -2.47. The Morgan fingerprint density at radius 3 is 2.48 bits per heavy atom. The predicted molar refractivity (Wildman–Crippen MR) is 81.0 cm³/mol. The van der Waals surface area contributed by atoms with Crippen LogP contribution in [-0.4, -0.2) is 42.6 Å². The Kier molecular flexibility index (Phi) is 4.70. The fourth-order valence-corrected chi connectivity index (χ4v) is 4.50. The quantitative estimate of drug-likeness (QED) is 0.558. The maximum atomic E-state index is 13.5. The Bertz CT molecular complexity index is 691. The molecule has 1 heterocycles. The molecular formula is C15H21F3O6S. The lowest BCUT2D eigenvalue weighted by Gasteiger charge is -2.31. The molecule has 1 aliphatic carbocycles. The SMILES string of the molecule is C=C1OC2(C(=O)OCC(F)C(F)(F)S(=O)(=O)O)CCC1(C)C2C(C)C. The standard InChI is InChI=1S/C15H21F3O6S/c1-8(2)11-13(4)5-6-14(11,24-9(13)3)12(19)23-7-10(16)15(17,18)25(20,21)22/h8,10-11H,3,5-7H2,1-2,4H3,(H,20,21,22). The molecule has 0 aromatic heterocycles. The summed E-state index contributed by atoms with van der Waals surface area (Å²) < 4.78 is 79.7. The minimum absolute atomic E-state index is 0.0280. The van der Waals surface area contributed by atoms with E-state index >= 15 is 0 Å². The van der Waals surface area contributed by atoms with Crippen molar-refractivity contribution in [2.24, 2.45) is 17.3 Å². The number of rotatable bonds is 6. The molecular weight excluding hydrogens is 365 g/mol. The second kappa shape index (κ2) is 5.87. The minimum atomic E-state index is -5.97. The first-order valence-electron chi connectivity index (χ1n) is 7.74. The predicted octanol–water partition coefficient (Wildman–Crippen LogP) is 2.70. The fourth-order valence-electron chi connectivity index (χ4n) is 4.11. The molecule has 0 spiro atoms. The van der Waals surface area contributed by atoms with Crippen molar-refractivity contribution < 1.29 is 40.4 Å². The van der Waals surface area contributed by atoms with Crippen molar-refractivity contribution >= 4 is 16.1 Å². The highest BCUT2D eigenvalue weighted by atomic mass is 32.2. The van der Waals surface area contributed by atoms with Gasteiger partial charge in [0.05, 0.1) is 5.76 Å². The van der Waals surface area contributed by atoms with Crippen LogP contribution in [0.5, 0.6) is 0 Å². The molecule has 0 amide bonds. The van der Waals surface area contributed by atoms with E-state index in [4.69, 9.17) is 9.29 Å². The summed E-state index contributed by atoms with van der Waals surface area (Å²) in [5.41, 5.74) is -1.94. The maximum absolute atomic E-state index is 13.5. The molecule has 25 heavy (non-hydrogen) atoms. The molecule has 6 nitrogen and oxygen atoms in total. The summed E-state index contributed by atoms with van der Waals surface area (Å²) in [6.45, 7) is 7.88. The van der Waals surface area contributed by atoms with Gasteiger partial charge in [-0.2, -0.15) is 17.2 Å². The van der Waals surface area contributed by atoms with Gasteiger partial charge >= 0.3 is 21.3 Å². The third kappa shape index (κ3) is 2.83. The van der Waals surface area contributed by atoms with Gasteiger partial charge in [0.1, 0.15) is 6.61 Å². The van der Waals surface area contributed by atoms with Crippen LogP contribution in [0, 0.1) is 17.3 Å². The van der Waals surface area contributed by atoms with Gasteiger partial charge in [0.15, 0.2) is 0 Å². The molecule has 1 N–H and O–H groups in total. The summed E-state index contributed by atoms with van der Waals surface area (Å²) in [6, 6.07) is 0. The molecule has 2 bridgehead atoms.